The molecule has 112 valence electrons. The fourth-order valence-electron chi connectivity index (χ4n) is 2.10. The Balaban J connectivity index is 1.99. The van der Waals surface area contributed by atoms with Crippen molar-refractivity contribution in [3.63, 3.8) is 0 Å². The zero-order valence-electron chi connectivity index (χ0n) is 12.0. The van der Waals surface area contributed by atoms with Crippen molar-refractivity contribution in [1.29, 1.82) is 0 Å². The van der Waals surface area contributed by atoms with Gasteiger partial charge in [-0.15, -0.1) is 0 Å². The molecule has 0 unspecified atom stereocenters. The summed E-state index contributed by atoms with van der Waals surface area (Å²) >= 11 is 6.11. The van der Waals surface area contributed by atoms with Crippen molar-refractivity contribution < 1.29 is 9.18 Å². The molecule has 1 amide bonds. The van der Waals surface area contributed by atoms with Crippen LogP contribution >= 0.6 is 11.6 Å². The van der Waals surface area contributed by atoms with Gasteiger partial charge in [-0.2, -0.15) is 5.10 Å². The first kappa shape index (κ1) is 15.5. The number of hydrogen-bond donors (Lipinski definition) is 1. The third-order valence-corrected chi connectivity index (χ3v) is 3.61. The van der Waals surface area contributed by atoms with Crippen LogP contribution in [0.15, 0.2) is 24.3 Å². The standard InChI is InChI=1S/C15H17ClFN3O/c1-3-20-14(13(16)10(2)19-20)15(21)18-8-7-11-5-4-6-12(17)9-11/h4-6,9H,3,7-8H2,1-2H3,(H,18,21). The SMILES string of the molecule is CCn1nc(C)c(Cl)c1C(=O)NCCc1cccc(F)c1. The number of benzene rings is 1. The van der Waals surface area contributed by atoms with Crippen molar-refractivity contribution in [1.82, 2.24) is 15.1 Å². The summed E-state index contributed by atoms with van der Waals surface area (Å²) in [4.78, 5) is 12.2. The molecular formula is C15H17ClFN3O. The number of carbonyl (C=O) groups excluding carboxylic acids is 1. The van der Waals surface area contributed by atoms with Crippen LogP contribution in [0, 0.1) is 12.7 Å². The molecule has 0 bridgehead atoms. The molecule has 1 aromatic heterocycles. The van der Waals surface area contributed by atoms with Crippen LogP contribution in [-0.4, -0.2) is 22.2 Å². The van der Waals surface area contributed by atoms with Crippen LogP contribution in [0.4, 0.5) is 4.39 Å². The number of nitrogens with one attached hydrogen (secondary N) is 1. The predicted molar refractivity (Wildman–Crippen MR) is 80.1 cm³/mol. The third-order valence-electron chi connectivity index (χ3n) is 3.16. The average Bonchev–Trinajstić information content (AvgIpc) is 2.74. The highest BCUT2D eigenvalue weighted by Gasteiger charge is 2.19. The maximum Gasteiger partial charge on any atom is 0.271 e. The van der Waals surface area contributed by atoms with E-state index in [-0.39, 0.29) is 11.7 Å². The normalized spacial score (nSPS) is 10.7. The summed E-state index contributed by atoms with van der Waals surface area (Å²) in [7, 11) is 0. The van der Waals surface area contributed by atoms with E-state index in [4.69, 9.17) is 11.6 Å². The first-order chi connectivity index (χ1) is 10.0. The molecular weight excluding hydrogens is 293 g/mol. The van der Waals surface area contributed by atoms with Crippen molar-refractivity contribution in [2.24, 2.45) is 0 Å². The molecule has 1 N–H and O–H groups in total. The van der Waals surface area contributed by atoms with Crippen LogP contribution in [0.5, 0.6) is 0 Å². The second kappa shape index (κ2) is 6.72. The zero-order valence-corrected chi connectivity index (χ0v) is 12.7. The maximum absolute atomic E-state index is 13.1. The van der Waals surface area contributed by atoms with Crippen molar-refractivity contribution >= 4 is 17.5 Å². The lowest BCUT2D eigenvalue weighted by molar-refractivity contribution is 0.0943. The quantitative estimate of drug-likeness (QED) is 0.923. The van der Waals surface area contributed by atoms with E-state index in [0.717, 1.165) is 5.56 Å². The first-order valence-corrected chi connectivity index (χ1v) is 7.16. The van der Waals surface area contributed by atoms with E-state index in [1.54, 1.807) is 17.7 Å². The Kier molecular flexibility index (Phi) is 4.96. The van der Waals surface area contributed by atoms with Gasteiger partial charge < -0.3 is 5.32 Å². The van der Waals surface area contributed by atoms with Gasteiger partial charge in [-0.05, 0) is 38.0 Å². The van der Waals surface area contributed by atoms with Crippen molar-refractivity contribution in [3.8, 4) is 0 Å². The van der Waals surface area contributed by atoms with Crippen molar-refractivity contribution in [3.05, 3.63) is 52.1 Å². The molecule has 0 radical (unpaired) electrons. The van der Waals surface area contributed by atoms with Crippen molar-refractivity contribution in [2.75, 3.05) is 6.54 Å². The largest absolute Gasteiger partial charge is 0.350 e. The molecule has 4 nitrogen and oxygen atoms in total. The lowest BCUT2D eigenvalue weighted by atomic mass is 10.1. The Morgan fingerprint density at radius 2 is 2.24 bits per heavy atom. The highest BCUT2D eigenvalue weighted by atomic mass is 35.5. The van der Waals surface area contributed by atoms with Gasteiger partial charge in [0.1, 0.15) is 11.5 Å². The fourth-order valence-corrected chi connectivity index (χ4v) is 2.32. The second-order valence-electron chi connectivity index (χ2n) is 4.70. The Labute approximate surface area is 127 Å². The van der Waals surface area contributed by atoms with E-state index in [9.17, 15) is 9.18 Å². The number of carbonyl (C=O) groups is 1. The van der Waals surface area contributed by atoms with Gasteiger partial charge >= 0.3 is 0 Å². The number of rotatable bonds is 5. The number of nitrogens with zero attached hydrogens (tertiary/aromatic N) is 2. The smallest absolute Gasteiger partial charge is 0.271 e. The molecule has 0 aliphatic heterocycles. The van der Waals surface area contributed by atoms with E-state index in [1.807, 2.05) is 13.0 Å². The van der Waals surface area contributed by atoms with E-state index >= 15 is 0 Å². The molecule has 0 saturated heterocycles. The lowest BCUT2D eigenvalue weighted by Gasteiger charge is -2.07. The summed E-state index contributed by atoms with van der Waals surface area (Å²) in [6.07, 6.45) is 0.556. The molecule has 2 rings (SSSR count). The minimum atomic E-state index is -0.276. The van der Waals surface area contributed by atoms with Gasteiger partial charge in [0.05, 0.1) is 10.7 Å². The Morgan fingerprint density at radius 1 is 1.48 bits per heavy atom. The molecule has 1 heterocycles. The highest BCUT2D eigenvalue weighted by molar-refractivity contribution is 6.34. The topological polar surface area (TPSA) is 46.9 Å². The van der Waals surface area contributed by atoms with E-state index in [1.165, 1.54) is 12.1 Å². The van der Waals surface area contributed by atoms with Crippen molar-refractivity contribution in [2.45, 2.75) is 26.8 Å². The Bertz CT molecular complexity index is 654. The molecule has 0 saturated carbocycles. The minimum absolute atomic E-state index is 0.265. The number of aryl methyl sites for hydroxylation is 2. The zero-order chi connectivity index (χ0) is 15.4. The van der Waals surface area contributed by atoms with Gasteiger partial charge in [-0.3, -0.25) is 9.48 Å². The van der Waals surface area contributed by atoms with Gasteiger partial charge in [-0.25, -0.2) is 4.39 Å². The molecule has 21 heavy (non-hydrogen) atoms. The van der Waals surface area contributed by atoms with E-state index in [2.05, 4.69) is 10.4 Å². The van der Waals surface area contributed by atoms with Crippen LogP contribution in [-0.2, 0) is 13.0 Å². The summed E-state index contributed by atoms with van der Waals surface area (Å²) in [5, 5.41) is 7.37. The summed E-state index contributed by atoms with van der Waals surface area (Å²) in [5.74, 6) is -0.541. The number of aromatic nitrogens is 2. The van der Waals surface area contributed by atoms with Crippen LogP contribution in [0.25, 0.3) is 0 Å². The van der Waals surface area contributed by atoms with E-state index in [0.29, 0.717) is 35.9 Å². The summed E-state index contributed by atoms with van der Waals surface area (Å²) in [6, 6.07) is 6.32. The van der Waals surface area contributed by atoms with E-state index < -0.39 is 0 Å². The molecule has 1 aromatic carbocycles. The predicted octanol–water partition coefficient (Wildman–Crippen LogP) is 2.98. The summed E-state index contributed by atoms with van der Waals surface area (Å²) < 4.78 is 14.6. The average molecular weight is 310 g/mol. The number of hydrogen-bond acceptors (Lipinski definition) is 2. The molecule has 0 fully saturated rings. The molecule has 0 aliphatic carbocycles. The van der Waals surface area contributed by atoms with Crippen LogP contribution in [0.3, 0.4) is 0 Å². The number of amides is 1. The number of halogens is 2. The lowest BCUT2D eigenvalue weighted by Crippen LogP contribution is -2.28. The first-order valence-electron chi connectivity index (χ1n) is 6.78. The minimum Gasteiger partial charge on any atom is -0.350 e. The summed E-state index contributed by atoms with van der Waals surface area (Å²) in [5.41, 5.74) is 1.84. The second-order valence-corrected chi connectivity index (χ2v) is 5.08. The molecule has 6 heteroatoms. The van der Waals surface area contributed by atoms with Gasteiger partial charge in [0, 0.05) is 13.1 Å². The Hall–Kier alpha value is -1.88. The van der Waals surface area contributed by atoms with Gasteiger partial charge in [0.25, 0.3) is 5.91 Å². The van der Waals surface area contributed by atoms with Gasteiger partial charge in [0.2, 0.25) is 0 Å². The van der Waals surface area contributed by atoms with Crippen LogP contribution < -0.4 is 5.32 Å². The summed E-state index contributed by atoms with van der Waals surface area (Å²) in [6.45, 7) is 4.64. The van der Waals surface area contributed by atoms with Crippen LogP contribution in [0.1, 0.15) is 28.7 Å². The van der Waals surface area contributed by atoms with Crippen LogP contribution in [0.2, 0.25) is 5.02 Å². The highest BCUT2D eigenvalue weighted by Crippen LogP contribution is 2.20. The molecule has 2 aromatic rings. The Morgan fingerprint density at radius 3 is 2.90 bits per heavy atom. The third kappa shape index (κ3) is 3.61. The van der Waals surface area contributed by atoms with Gasteiger partial charge in [0.15, 0.2) is 0 Å². The van der Waals surface area contributed by atoms with Gasteiger partial charge in [-0.1, -0.05) is 23.7 Å². The maximum atomic E-state index is 13.1. The monoisotopic (exact) mass is 309 g/mol. The molecule has 0 spiro atoms. The molecule has 0 aliphatic rings. The fraction of sp³-hybridized carbons (Fsp3) is 0.333. The molecule has 0 atom stereocenters.